The third kappa shape index (κ3) is 8.20. The number of amides is 2. The second kappa shape index (κ2) is 12.0. The van der Waals surface area contributed by atoms with E-state index in [1.807, 2.05) is 0 Å². The first-order chi connectivity index (χ1) is 18.4. The molecule has 4 rings (SSSR count). The number of fused-ring (bicyclic) bond motifs is 1. The minimum Gasteiger partial charge on any atom is -0.480 e. The lowest BCUT2D eigenvalue weighted by atomic mass is 9.79. The molecule has 39 heavy (non-hydrogen) atoms. The molecule has 3 aliphatic rings. The molecule has 3 N–H and O–H groups in total. The summed E-state index contributed by atoms with van der Waals surface area (Å²) < 4.78 is 16.6. The molecule has 0 unspecified atom stereocenters. The van der Waals surface area contributed by atoms with E-state index in [1.165, 1.54) is 10.5 Å². The van der Waals surface area contributed by atoms with Gasteiger partial charge in [-0.15, -0.1) is 0 Å². The van der Waals surface area contributed by atoms with Crippen molar-refractivity contribution in [2.75, 3.05) is 31.6 Å². The van der Waals surface area contributed by atoms with Gasteiger partial charge >= 0.3 is 18.2 Å². The Morgan fingerprint density at radius 3 is 2.69 bits per heavy atom. The van der Waals surface area contributed by atoms with Crippen molar-refractivity contribution in [2.45, 2.75) is 96.0 Å². The summed E-state index contributed by atoms with van der Waals surface area (Å²) in [4.78, 5) is 42.3. The maximum atomic E-state index is 12.4. The highest BCUT2D eigenvalue weighted by Gasteiger charge is 2.46. The highest BCUT2D eigenvalue weighted by Crippen LogP contribution is 2.34. The predicted molar refractivity (Wildman–Crippen MR) is 144 cm³/mol. The number of hydrogen-bond acceptors (Lipinski definition) is 8. The highest BCUT2D eigenvalue weighted by molar-refractivity contribution is 5.80. The number of rotatable bonds is 10. The lowest BCUT2D eigenvalue weighted by Gasteiger charge is -2.46. The third-order valence-corrected chi connectivity index (χ3v) is 7.34. The Kier molecular flexibility index (Phi) is 8.88. The van der Waals surface area contributed by atoms with E-state index in [9.17, 15) is 19.5 Å². The number of aryl methyl sites for hydroxylation is 2. The fourth-order valence-electron chi connectivity index (χ4n) is 5.19. The van der Waals surface area contributed by atoms with E-state index in [2.05, 4.69) is 22.8 Å². The van der Waals surface area contributed by atoms with Crippen LogP contribution < -0.4 is 10.6 Å². The average molecular weight is 547 g/mol. The van der Waals surface area contributed by atoms with Crippen molar-refractivity contribution in [3.63, 3.8) is 0 Å². The normalized spacial score (nSPS) is 22.3. The van der Waals surface area contributed by atoms with Crippen molar-refractivity contribution in [1.29, 1.82) is 0 Å². The van der Waals surface area contributed by atoms with E-state index < -0.39 is 35.4 Å². The van der Waals surface area contributed by atoms with Gasteiger partial charge in [0.05, 0.1) is 19.2 Å². The van der Waals surface area contributed by atoms with E-state index in [-0.39, 0.29) is 32.2 Å². The molecule has 216 valence electrons. The maximum Gasteiger partial charge on any atom is 0.410 e. The van der Waals surface area contributed by atoms with Crippen LogP contribution in [0.4, 0.5) is 15.4 Å². The number of nitrogens with one attached hydrogen (secondary N) is 2. The van der Waals surface area contributed by atoms with Gasteiger partial charge in [0.25, 0.3) is 0 Å². The Bertz CT molecular complexity index is 1040. The molecular weight excluding hydrogens is 504 g/mol. The molecule has 1 atom stereocenters. The zero-order valence-electron chi connectivity index (χ0n) is 23.5. The topological polar surface area (TPSA) is 139 Å². The number of anilines is 1. The number of alkyl carbamates (subject to hydrolysis) is 1. The fraction of sp³-hybridized carbons (Fsp3) is 0.714. The van der Waals surface area contributed by atoms with Crippen LogP contribution in [0.2, 0.25) is 0 Å². The van der Waals surface area contributed by atoms with E-state index in [0.29, 0.717) is 5.92 Å². The minimum atomic E-state index is -1.15. The number of aliphatic carboxylic acids is 1. The number of carbonyl (C=O) groups is 3. The molecule has 0 radical (unpaired) electrons. The van der Waals surface area contributed by atoms with Crippen LogP contribution in [-0.4, -0.2) is 82.7 Å². The SMILES string of the molecule is CC(C)(C)OC(=O)N1CC(C)(OC(=O)N[C@@H](CCO[C@H]2C[C@H](CCc3ccc4c(n3)NCCC4)C2)C(=O)O)C1. The number of carboxylic acid groups (broad SMARTS) is 1. The summed E-state index contributed by atoms with van der Waals surface area (Å²) in [7, 11) is 0. The van der Waals surface area contributed by atoms with Gasteiger partial charge in [0.2, 0.25) is 0 Å². The van der Waals surface area contributed by atoms with Gasteiger partial charge in [-0.3, -0.25) is 0 Å². The highest BCUT2D eigenvalue weighted by atomic mass is 16.6. The second-order valence-corrected chi connectivity index (χ2v) is 12.2. The molecule has 2 fully saturated rings. The quantitative estimate of drug-likeness (QED) is 0.400. The van der Waals surface area contributed by atoms with Crippen molar-refractivity contribution in [3.05, 3.63) is 23.4 Å². The third-order valence-electron chi connectivity index (χ3n) is 7.34. The Balaban J connectivity index is 1.10. The van der Waals surface area contributed by atoms with Crippen molar-refractivity contribution < 1.29 is 33.7 Å². The Hall–Kier alpha value is -3.08. The van der Waals surface area contributed by atoms with Gasteiger partial charge in [-0.1, -0.05) is 6.07 Å². The second-order valence-electron chi connectivity index (χ2n) is 12.2. The standard InChI is InChI=1S/C28H42N4O7/c1-27(2,3)39-26(36)32-16-28(4,17-32)38-25(35)31-22(24(33)34)11-13-37-21-14-18(15-21)7-9-20-10-8-19-6-5-12-29-23(19)30-20/h8,10,18,21-22H,5-7,9,11-17H2,1-4H3,(H,29,30)(H,31,35)(H,33,34)/t18-,21-,22-/m0/s1. The summed E-state index contributed by atoms with van der Waals surface area (Å²) >= 11 is 0. The number of aromatic nitrogens is 1. The van der Waals surface area contributed by atoms with Crippen LogP contribution in [-0.2, 0) is 31.8 Å². The number of hydrogen-bond donors (Lipinski definition) is 3. The summed E-state index contributed by atoms with van der Waals surface area (Å²) in [6.07, 6.45) is 5.07. The zero-order valence-corrected chi connectivity index (χ0v) is 23.5. The van der Waals surface area contributed by atoms with Crippen molar-refractivity contribution in [3.8, 4) is 0 Å². The van der Waals surface area contributed by atoms with Crippen LogP contribution in [0, 0.1) is 5.92 Å². The van der Waals surface area contributed by atoms with Crippen LogP contribution in [0.1, 0.15) is 71.1 Å². The molecule has 3 heterocycles. The molecule has 1 aliphatic carbocycles. The average Bonchev–Trinajstić information content (AvgIpc) is 2.81. The summed E-state index contributed by atoms with van der Waals surface area (Å²) in [5.74, 6) is 0.458. The number of carboxylic acids is 1. The molecule has 11 heteroatoms. The van der Waals surface area contributed by atoms with Crippen LogP contribution in [0.3, 0.4) is 0 Å². The molecule has 0 bridgehead atoms. The Labute approximate surface area is 230 Å². The summed E-state index contributed by atoms with van der Waals surface area (Å²) in [5.41, 5.74) is 0.900. The van der Waals surface area contributed by atoms with Crippen molar-refractivity contribution >= 4 is 24.0 Å². The molecule has 0 aromatic carbocycles. The van der Waals surface area contributed by atoms with Gasteiger partial charge in [0, 0.05) is 25.3 Å². The summed E-state index contributed by atoms with van der Waals surface area (Å²) in [6.45, 7) is 8.60. The lowest BCUT2D eigenvalue weighted by Crippen LogP contribution is -2.65. The maximum absolute atomic E-state index is 12.4. The van der Waals surface area contributed by atoms with Crippen molar-refractivity contribution in [1.82, 2.24) is 15.2 Å². The Morgan fingerprint density at radius 1 is 1.26 bits per heavy atom. The van der Waals surface area contributed by atoms with Crippen LogP contribution in [0.25, 0.3) is 0 Å². The van der Waals surface area contributed by atoms with Crippen LogP contribution >= 0.6 is 0 Å². The van der Waals surface area contributed by atoms with Crippen molar-refractivity contribution in [2.24, 2.45) is 5.92 Å². The number of nitrogens with zero attached hydrogens (tertiary/aromatic N) is 2. The molecule has 1 saturated heterocycles. The number of ether oxygens (including phenoxy) is 3. The first-order valence-corrected chi connectivity index (χ1v) is 13.9. The van der Waals surface area contributed by atoms with E-state index in [4.69, 9.17) is 19.2 Å². The largest absolute Gasteiger partial charge is 0.480 e. The van der Waals surface area contributed by atoms with Gasteiger partial charge in [-0.05, 0) is 83.8 Å². The number of pyridine rings is 1. The first kappa shape index (κ1) is 28.9. The summed E-state index contributed by atoms with van der Waals surface area (Å²) in [6, 6.07) is 3.19. The number of likely N-dealkylation sites (tertiary alicyclic amines) is 1. The molecule has 2 amide bonds. The molecule has 2 aliphatic heterocycles. The van der Waals surface area contributed by atoms with Gasteiger partial charge in [-0.2, -0.15) is 0 Å². The summed E-state index contributed by atoms with van der Waals surface area (Å²) in [5, 5.41) is 15.3. The predicted octanol–water partition coefficient (Wildman–Crippen LogP) is 3.75. The smallest absolute Gasteiger partial charge is 0.410 e. The van der Waals surface area contributed by atoms with Gasteiger partial charge in [0.15, 0.2) is 0 Å². The molecule has 0 spiro atoms. The van der Waals surface area contributed by atoms with Crippen LogP contribution in [0.15, 0.2) is 12.1 Å². The van der Waals surface area contributed by atoms with E-state index in [0.717, 1.165) is 56.6 Å². The molecule has 11 nitrogen and oxygen atoms in total. The van der Waals surface area contributed by atoms with Crippen LogP contribution in [0.5, 0.6) is 0 Å². The molecule has 1 aromatic rings. The van der Waals surface area contributed by atoms with E-state index in [1.54, 1.807) is 27.7 Å². The fourth-order valence-corrected chi connectivity index (χ4v) is 5.19. The molecular formula is C28H42N4O7. The Morgan fingerprint density at radius 2 is 2.00 bits per heavy atom. The zero-order chi connectivity index (χ0) is 28.2. The number of carbonyl (C=O) groups excluding carboxylic acids is 2. The monoisotopic (exact) mass is 546 g/mol. The molecule has 1 saturated carbocycles. The first-order valence-electron chi connectivity index (χ1n) is 13.9. The lowest BCUT2D eigenvalue weighted by molar-refractivity contribution is -0.140. The van der Waals surface area contributed by atoms with Gasteiger partial charge in [0.1, 0.15) is 23.1 Å². The van der Waals surface area contributed by atoms with Gasteiger partial charge in [-0.25, -0.2) is 19.4 Å². The van der Waals surface area contributed by atoms with E-state index >= 15 is 0 Å². The molecule has 1 aromatic heterocycles. The van der Waals surface area contributed by atoms with Gasteiger partial charge < -0.3 is 34.9 Å². The minimum absolute atomic E-state index is 0.113.